The highest BCUT2D eigenvalue weighted by molar-refractivity contribution is 6.31. The predicted molar refractivity (Wildman–Crippen MR) is 155 cm³/mol. The summed E-state index contributed by atoms with van der Waals surface area (Å²) in [7, 11) is 1.59. The summed E-state index contributed by atoms with van der Waals surface area (Å²) in [6.07, 6.45) is 1.84. The van der Waals surface area contributed by atoms with Gasteiger partial charge in [-0.25, -0.2) is 0 Å². The van der Waals surface area contributed by atoms with Gasteiger partial charge in [-0.05, 0) is 34.9 Å². The predicted octanol–water partition coefficient (Wildman–Crippen LogP) is 6.35. The zero-order chi connectivity index (χ0) is 27.7. The number of carbonyl (C=O) groups is 1. The van der Waals surface area contributed by atoms with Crippen LogP contribution in [0.4, 0.5) is 5.69 Å². The molecule has 4 aromatic carbocycles. The SMILES string of the molecule is COc1ccccc1C1=C[C@H](c2ccccc2)[C@@H]([N+](=O)[O-])C[C@@]12C(=O)N(c1ccccc1)N=C2c1ccccc1. The van der Waals surface area contributed by atoms with E-state index in [0.29, 0.717) is 28.3 Å². The van der Waals surface area contributed by atoms with E-state index in [-0.39, 0.29) is 17.3 Å². The zero-order valence-corrected chi connectivity index (χ0v) is 21.9. The van der Waals surface area contributed by atoms with Crippen molar-refractivity contribution in [2.24, 2.45) is 10.5 Å². The number of ether oxygens (including phenoxy) is 1. The van der Waals surface area contributed by atoms with Crippen LogP contribution >= 0.6 is 0 Å². The highest BCUT2D eigenvalue weighted by atomic mass is 16.6. The van der Waals surface area contributed by atoms with Crippen molar-refractivity contribution in [1.29, 1.82) is 0 Å². The molecule has 1 heterocycles. The monoisotopic (exact) mass is 529 g/mol. The van der Waals surface area contributed by atoms with E-state index in [2.05, 4.69) is 0 Å². The minimum absolute atomic E-state index is 0.0562. The number of carbonyl (C=O) groups excluding carboxylic acids is 1. The summed E-state index contributed by atoms with van der Waals surface area (Å²) in [6.45, 7) is 0. The Morgan fingerprint density at radius 3 is 2.12 bits per heavy atom. The number of hydrogen-bond donors (Lipinski definition) is 0. The summed E-state index contributed by atoms with van der Waals surface area (Å²) >= 11 is 0. The van der Waals surface area contributed by atoms with Crippen LogP contribution in [0.5, 0.6) is 5.75 Å². The molecular weight excluding hydrogens is 502 g/mol. The Balaban J connectivity index is 1.67. The van der Waals surface area contributed by atoms with Crippen LogP contribution < -0.4 is 9.75 Å². The maximum atomic E-state index is 14.8. The summed E-state index contributed by atoms with van der Waals surface area (Å²) in [5.41, 5.74) is 2.57. The van der Waals surface area contributed by atoms with Crippen molar-refractivity contribution in [2.45, 2.75) is 18.4 Å². The largest absolute Gasteiger partial charge is 0.496 e. The number of nitrogens with zero attached hydrogens (tertiary/aromatic N) is 3. The highest BCUT2D eigenvalue weighted by Gasteiger charge is 2.61. The quantitative estimate of drug-likeness (QED) is 0.215. The summed E-state index contributed by atoms with van der Waals surface area (Å²) in [6, 6.07) is 34.5. The molecule has 40 heavy (non-hydrogen) atoms. The second-order valence-corrected chi connectivity index (χ2v) is 9.95. The van der Waals surface area contributed by atoms with Crippen LogP contribution in [0.1, 0.15) is 29.0 Å². The molecule has 6 rings (SSSR count). The van der Waals surface area contributed by atoms with Crippen LogP contribution in [0.25, 0.3) is 5.57 Å². The Kier molecular flexibility index (Phi) is 6.48. The van der Waals surface area contributed by atoms with Crippen LogP contribution in [-0.4, -0.2) is 29.7 Å². The molecule has 0 saturated heterocycles. The van der Waals surface area contributed by atoms with Crippen molar-refractivity contribution < 1.29 is 14.5 Å². The van der Waals surface area contributed by atoms with Gasteiger partial charge in [0.25, 0.3) is 5.91 Å². The van der Waals surface area contributed by atoms with Crippen LogP contribution in [0, 0.1) is 15.5 Å². The third-order valence-electron chi connectivity index (χ3n) is 7.80. The van der Waals surface area contributed by atoms with E-state index in [4.69, 9.17) is 9.84 Å². The molecule has 7 heteroatoms. The molecule has 1 spiro atoms. The molecule has 1 aliphatic heterocycles. The van der Waals surface area contributed by atoms with Gasteiger partial charge in [-0.3, -0.25) is 14.9 Å². The first kappa shape index (κ1) is 25.2. The summed E-state index contributed by atoms with van der Waals surface area (Å²) in [4.78, 5) is 27.2. The molecule has 0 aromatic heterocycles. The van der Waals surface area contributed by atoms with Crippen molar-refractivity contribution in [3.05, 3.63) is 148 Å². The smallest absolute Gasteiger partial charge is 0.264 e. The van der Waals surface area contributed by atoms with Gasteiger partial charge in [-0.2, -0.15) is 10.1 Å². The highest BCUT2D eigenvalue weighted by Crippen LogP contribution is 2.55. The minimum atomic E-state index is -1.42. The first-order valence-corrected chi connectivity index (χ1v) is 13.1. The lowest BCUT2D eigenvalue weighted by atomic mass is 9.61. The first-order chi connectivity index (χ1) is 19.5. The first-order valence-electron chi connectivity index (χ1n) is 13.1. The number of anilines is 1. The van der Waals surface area contributed by atoms with Gasteiger partial charge < -0.3 is 4.74 Å². The summed E-state index contributed by atoms with van der Waals surface area (Å²) in [5, 5.41) is 19.0. The van der Waals surface area contributed by atoms with Crippen molar-refractivity contribution >= 4 is 22.9 Å². The van der Waals surface area contributed by atoms with Crippen molar-refractivity contribution in [3.8, 4) is 5.75 Å². The van der Waals surface area contributed by atoms with E-state index in [1.807, 2.05) is 121 Å². The van der Waals surface area contributed by atoms with Gasteiger partial charge in [-0.15, -0.1) is 0 Å². The molecule has 4 aromatic rings. The third-order valence-corrected chi connectivity index (χ3v) is 7.80. The van der Waals surface area contributed by atoms with Gasteiger partial charge in [0.1, 0.15) is 11.2 Å². The number of hydrazone groups is 1. The normalized spacial score (nSPS) is 22.1. The molecule has 3 atom stereocenters. The van der Waals surface area contributed by atoms with Crippen LogP contribution in [0.2, 0.25) is 0 Å². The molecule has 198 valence electrons. The lowest BCUT2D eigenvalue weighted by Gasteiger charge is -2.39. The van der Waals surface area contributed by atoms with Crippen molar-refractivity contribution in [2.75, 3.05) is 12.1 Å². The summed E-state index contributed by atoms with van der Waals surface area (Å²) in [5.74, 6) is -0.303. The molecule has 0 fully saturated rings. The standard InChI is InChI=1S/C33H27N3O4/c1-40-30-20-12-11-19-26(30)28-21-27(23-13-5-2-6-14-23)29(36(38)39)22-33(28)31(24-15-7-3-8-16-24)34-35(32(33)37)25-17-9-4-10-18-25/h2-21,27,29H,22H2,1H3/t27-,29+,33-/m1/s1. The van der Waals surface area contributed by atoms with Gasteiger partial charge in [-0.1, -0.05) is 103 Å². The second-order valence-electron chi connectivity index (χ2n) is 9.95. The average Bonchev–Trinajstić information content (AvgIpc) is 3.30. The van der Waals surface area contributed by atoms with E-state index in [9.17, 15) is 14.9 Å². The fourth-order valence-electron chi connectivity index (χ4n) is 5.95. The molecule has 1 amide bonds. The van der Waals surface area contributed by atoms with Gasteiger partial charge in [0.2, 0.25) is 6.04 Å². The molecule has 2 aliphatic rings. The fraction of sp³-hybridized carbons (Fsp3) is 0.152. The second kappa shape index (κ2) is 10.3. The van der Waals surface area contributed by atoms with E-state index >= 15 is 0 Å². The van der Waals surface area contributed by atoms with Crippen LogP contribution in [-0.2, 0) is 4.79 Å². The Morgan fingerprint density at radius 2 is 1.48 bits per heavy atom. The molecular formula is C33H27N3O4. The Labute approximate surface area is 232 Å². The molecule has 0 radical (unpaired) electrons. The molecule has 0 unspecified atom stereocenters. The van der Waals surface area contributed by atoms with Crippen molar-refractivity contribution in [1.82, 2.24) is 0 Å². The van der Waals surface area contributed by atoms with Crippen molar-refractivity contribution in [3.63, 3.8) is 0 Å². The van der Waals surface area contributed by atoms with Gasteiger partial charge in [0.05, 0.1) is 24.4 Å². The third kappa shape index (κ3) is 4.07. The lowest BCUT2D eigenvalue weighted by Crippen LogP contribution is -2.49. The topological polar surface area (TPSA) is 85.0 Å². The average molecular weight is 530 g/mol. The molecule has 1 aliphatic carbocycles. The number of rotatable bonds is 6. The minimum Gasteiger partial charge on any atom is -0.496 e. The van der Waals surface area contributed by atoms with Crippen LogP contribution in [0.3, 0.4) is 0 Å². The number of methoxy groups -OCH3 is 1. The number of benzene rings is 4. The van der Waals surface area contributed by atoms with E-state index in [1.165, 1.54) is 5.01 Å². The Morgan fingerprint density at radius 1 is 0.875 bits per heavy atom. The van der Waals surface area contributed by atoms with Gasteiger partial charge in [0.15, 0.2) is 0 Å². The maximum Gasteiger partial charge on any atom is 0.264 e. The van der Waals surface area contributed by atoms with Crippen LogP contribution in [0.15, 0.2) is 126 Å². The molecule has 0 saturated carbocycles. The fourth-order valence-corrected chi connectivity index (χ4v) is 5.95. The van der Waals surface area contributed by atoms with Gasteiger partial charge >= 0.3 is 0 Å². The zero-order valence-electron chi connectivity index (χ0n) is 21.9. The molecule has 0 bridgehead atoms. The Hall–Kier alpha value is -5.04. The number of nitro groups is 1. The van der Waals surface area contributed by atoms with E-state index in [1.54, 1.807) is 7.11 Å². The molecule has 7 nitrogen and oxygen atoms in total. The number of para-hydroxylation sites is 2. The summed E-state index contributed by atoms with van der Waals surface area (Å²) < 4.78 is 5.76. The number of hydrogen-bond acceptors (Lipinski definition) is 5. The van der Waals surface area contributed by atoms with E-state index < -0.39 is 17.4 Å². The lowest BCUT2D eigenvalue weighted by molar-refractivity contribution is -0.527. The molecule has 0 N–H and O–H groups in total. The maximum absolute atomic E-state index is 14.8. The van der Waals surface area contributed by atoms with Gasteiger partial charge in [0, 0.05) is 16.9 Å². The Bertz CT molecular complexity index is 1620. The van der Waals surface area contributed by atoms with E-state index in [0.717, 1.165) is 11.1 Å². The number of amides is 1.